The van der Waals surface area contributed by atoms with Gasteiger partial charge in [0.15, 0.2) is 23.0 Å². The lowest BCUT2D eigenvalue weighted by molar-refractivity contribution is 0.360. The Morgan fingerprint density at radius 1 is 0.611 bits per heavy atom. The van der Waals surface area contributed by atoms with Crippen molar-refractivity contribution in [2.24, 2.45) is 0 Å². The van der Waals surface area contributed by atoms with Crippen molar-refractivity contribution < 1.29 is 9.47 Å². The van der Waals surface area contributed by atoms with Crippen molar-refractivity contribution in [3.63, 3.8) is 0 Å². The summed E-state index contributed by atoms with van der Waals surface area (Å²) in [7, 11) is 0. The van der Waals surface area contributed by atoms with E-state index < -0.39 is 0 Å². The number of ether oxygens (including phenoxy) is 2. The molecule has 0 unspecified atom stereocenters. The van der Waals surface area contributed by atoms with Gasteiger partial charge in [-0.15, -0.1) is 0 Å². The van der Waals surface area contributed by atoms with Gasteiger partial charge in [0.1, 0.15) is 0 Å². The molecule has 0 bridgehead atoms. The Morgan fingerprint density at radius 3 is 2.03 bits per heavy atom. The molecule has 4 heteroatoms. The zero-order chi connectivity index (χ0) is 24.2. The van der Waals surface area contributed by atoms with Crippen LogP contribution in [0.1, 0.15) is 24.0 Å². The van der Waals surface area contributed by atoms with E-state index in [0.29, 0.717) is 28.0 Å². The van der Waals surface area contributed by atoms with Crippen molar-refractivity contribution in [1.29, 1.82) is 0 Å². The van der Waals surface area contributed by atoms with Crippen molar-refractivity contribution in [2.45, 2.75) is 12.8 Å². The zero-order valence-electron chi connectivity index (χ0n) is 19.6. The smallest absolute Gasteiger partial charge is 0.172 e. The quantitative estimate of drug-likeness (QED) is 0.248. The van der Waals surface area contributed by atoms with E-state index in [9.17, 15) is 0 Å². The second-order valence-corrected chi connectivity index (χ2v) is 9.53. The van der Waals surface area contributed by atoms with Crippen LogP contribution < -0.4 is 14.4 Å². The molecule has 1 aliphatic carbocycles. The van der Waals surface area contributed by atoms with Crippen LogP contribution in [-0.2, 0) is 0 Å². The fraction of sp³-hybridized carbons (Fsp3) is 0.0625. The molecule has 0 N–H and O–H groups in total. The van der Waals surface area contributed by atoms with Gasteiger partial charge >= 0.3 is 0 Å². The van der Waals surface area contributed by atoms with Crippen molar-refractivity contribution in [3.05, 3.63) is 125 Å². The molecule has 174 valence electrons. The van der Waals surface area contributed by atoms with Gasteiger partial charge < -0.3 is 14.4 Å². The van der Waals surface area contributed by atoms with Gasteiger partial charge in [-0.2, -0.15) is 0 Å². The van der Waals surface area contributed by atoms with Crippen molar-refractivity contribution in [2.75, 3.05) is 4.90 Å². The molecule has 3 nitrogen and oxygen atoms in total. The lowest BCUT2D eigenvalue weighted by Crippen LogP contribution is -2.14. The van der Waals surface area contributed by atoms with E-state index in [-0.39, 0.29) is 5.92 Å². The molecule has 1 atom stereocenters. The normalized spacial score (nSPS) is 14.6. The van der Waals surface area contributed by atoms with Gasteiger partial charge in [-0.05, 0) is 52.6 Å². The molecule has 36 heavy (non-hydrogen) atoms. The largest absolute Gasteiger partial charge is 0.449 e. The summed E-state index contributed by atoms with van der Waals surface area (Å²) >= 11 is 6.98. The van der Waals surface area contributed by atoms with Gasteiger partial charge in [0.2, 0.25) is 0 Å². The predicted octanol–water partition coefficient (Wildman–Crippen LogP) is 9.84. The highest BCUT2D eigenvalue weighted by Gasteiger charge is 2.31. The molecular weight excluding hydrogens is 466 g/mol. The van der Waals surface area contributed by atoms with E-state index in [4.69, 9.17) is 21.1 Å². The summed E-state index contributed by atoms with van der Waals surface area (Å²) in [5.74, 6) is 2.87. The lowest BCUT2D eigenvalue weighted by atomic mass is 9.96. The van der Waals surface area contributed by atoms with Crippen LogP contribution in [0.4, 0.5) is 17.1 Å². The standard InChI is InChI=1S/C32H22ClNO2/c1-20-22-12-5-6-13-23(22)24-14-9-15-26(32(20)24)34(21-10-3-2-4-11-21)27-19-31-30(18-25(27)33)35-28-16-7-8-17-29(28)36-31/h2-20H,1H3/t20-/m1/s1. The van der Waals surface area contributed by atoms with Crippen LogP contribution in [0, 0.1) is 0 Å². The van der Waals surface area contributed by atoms with E-state index in [0.717, 1.165) is 17.1 Å². The summed E-state index contributed by atoms with van der Waals surface area (Å²) in [6, 6.07) is 37.0. The van der Waals surface area contributed by atoms with Crippen LogP contribution >= 0.6 is 11.6 Å². The Bertz CT molecular complexity index is 1630. The van der Waals surface area contributed by atoms with Crippen LogP contribution in [0.2, 0.25) is 5.02 Å². The maximum Gasteiger partial charge on any atom is 0.172 e. The zero-order valence-corrected chi connectivity index (χ0v) is 20.4. The van der Waals surface area contributed by atoms with Gasteiger partial charge in [0.25, 0.3) is 0 Å². The van der Waals surface area contributed by atoms with Gasteiger partial charge in [0.05, 0.1) is 16.4 Å². The molecule has 0 saturated heterocycles. The van der Waals surface area contributed by atoms with Gasteiger partial charge in [-0.25, -0.2) is 0 Å². The fourth-order valence-corrected chi connectivity index (χ4v) is 5.65. The summed E-state index contributed by atoms with van der Waals surface area (Å²) in [6.07, 6.45) is 0. The number of hydrogen-bond acceptors (Lipinski definition) is 3. The van der Waals surface area contributed by atoms with E-state index in [1.165, 1.54) is 22.3 Å². The fourth-order valence-electron chi connectivity index (χ4n) is 5.41. The SMILES string of the molecule is C[C@@H]1c2ccccc2-c2cccc(N(c3ccccc3)c3cc4c(cc3Cl)Oc3ccccc3O4)c21. The minimum absolute atomic E-state index is 0.251. The first-order chi connectivity index (χ1) is 17.7. The Hall–Kier alpha value is -4.21. The topological polar surface area (TPSA) is 21.7 Å². The molecule has 0 fully saturated rings. The van der Waals surface area contributed by atoms with Crippen LogP contribution in [0.15, 0.2) is 109 Å². The van der Waals surface area contributed by atoms with Crippen molar-refractivity contribution in [3.8, 4) is 34.1 Å². The van der Waals surface area contributed by atoms with Crippen LogP contribution in [-0.4, -0.2) is 0 Å². The molecule has 0 saturated carbocycles. The highest BCUT2D eigenvalue weighted by molar-refractivity contribution is 6.34. The molecule has 2 aliphatic rings. The van der Waals surface area contributed by atoms with E-state index in [1.54, 1.807) is 0 Å². The monoisotopic (exact) mass is 487 g/mol. The van der Waals surface area contributed by atoms with Crippen LogP contribution in [0.5, 0.6) is 23.0 Å². The van der Waals surface area contributed by atoms with E-state index in [1.807, 2.05) is 54.6 Å². The third kappa shape index (κ3) is 3.20. The predicted molar refractivity (Wildman–Crippen MR) is 146 cm³/mol. The number of fused-ring (bicyclic) bond motifs is 5. The summed E-state index contributed by atoms with van der Waals surface area (Å²) < 4.78 is 12.4. The lowest BCUT2D eigenvalue weighted by Gasteiger charge is -2.31. The summed E-state index contributed by atoms with van der Waals surface area (Å²) in [6.45, 7) is 2.28. The summed E-state index contributed by atoms with van der Waals surface area (Å²) in [5, 5.41) is 0.585. The minimum atomic E-state index is 0.251. The Balaban J connectivity index is 1.43. The van der Waals surface area contributed by atoms with Gasteiger partial charge in [0, 0.05) is 23.7 Å². The maximum atomic E-state index is 6.98. The Labute approximate surface area is 215 Å². The van der Waals surface area contributed by atoms with E-state index in [2.05, 4.69) is 66.4 Å². The number of nitrogens with zero attached hydrogens (tertiary/aromatic N) is 1. The first-order valence-corrected chi connectivity index (χ1v) is 12.4. The molecule has 0 radical (unpaired) electrons. The third-order valence-corrected chi connectivity index (χ3v) is 7.33. The molecule has 1 aliphatic heterocycles. The van der Waals surface area contributed by atoms with Crippen molar-refractivity contribution >= 4 is 28.7 Å². The third-order valence-electron chi connectivity index (χ3n) is 7.03. The molecule has 5 aromatic rings. The number of para-hydroxylation sites is 3. The van der Waals surface area contributed by atoms with Gasteiger partial charge in [-0.1, -0.05) is 85.3 Å². The average molecular weight is 488 g/mol. The minimum Gasteiger partial charge on any atom is -0.449 e. The average Bonchev–Trinajstić information content (AvgIpc) is 3.21. The number of anilines is 3. The number of hydrogen-bond donors (Lipinski definition) is 0. The Morgan fingerprint density at radius 2 is 1.25 bits per heavy atom. The van der Waals surface area contributed by atoms with E-state index >= 15 is 0 Å². The first-order valence-electron chi connectivity index (χ1n) is 12.0. The van der Waals surface area contributed by atoms with Crippen molar-refractivity contribution in [1.82, 2.24) is 0 Å². The molecular formula is C32H22ClNO2. The molecule has 5 aromatic carbocycles. The highest BCUT2D eigenvalue weighted by Crippen LogP contribution is 2.54. The molecule has 0 amide bonds. The number of rotatable bonds is 3. The Kier molecular flexibility index (Phi) is 4.80. The second kappa shape index (κ2) is 8.18. The molecule has 7 rings (SSSR count). The van der Waals surface area contributed by atoms with Crippen LogP contribution in [0.3, 0.4) is 0 Å². The summed E-state index contributed by atoms with van der Waals surface area (Å²) in [4.78, 5) is 2.23. The highest BCUT2D eigenvalue weighted by atomic mass is 35.5. The number of halogens is 1. The second-order valence-electron chi connectivity index (χ2n) is 9.12. The summed E-state index contributed by atoms with van der Waals surface area (Å²) in [5.41, 5.74) is 8.14. The maximum absolute atomic E-state index is 6.98. The molecule has 0 spiro atoms. The first kappa shape index (κ1) is 21.1. The molecule has 0 aromatic heterocycles. The van der Waals surface area contributed by atoms with Crippen LogP contribution in [0.25, 0.3) is 11.1 Å². The number of benzene rings is 5. The van der Waals surface area contributed by atoms with Gasteiger partial charge in [-0.3, -0.25) is 0 Å². The molecule has 1 heterocycles.